The van der Waals surface area contributed by atoms with Gasteiger partial charge in [0.05, 0.1) is 13.0 Å². The third-order valence-electron chi connectivity index (χ3n) is 3.80. The molecule has 1 fully saturated rings. The zero-order chi connectivity index (χ0) is 15.1. The number of nitrogens with one attached hydrogen (secondary N) is 1. The topological polar surface area (TPSA) is 64.6 Å². The number of methoxy groups -OCH3 is 1. The van der Waals surface area contributed by atoms with Crippen LogP contribution in [0.2, 0.25) is 0 Å². The molecule has 114 valence electrons. The molecule has 1 N–H and O–H groups in total. The first kappa shape index (κ1) is 15.4. The van der Waals surface area contributed by atoms with E-state index in [2.05, 4.69) is 5.32 Å². The van der Waals surface area contributed by atoms with Gasteiger partial charge in [0.25, 0.3) is 0 Å². The summed E-state index contributed by atoms with van der Waals surface area (Å²) in [5.41, 5.74) is 0.960. The number of amides is 1. The Morgan fingerprint density at radius 1 is 1.14 bits per heavy atom. The molecule has 0 bridgehead atoms. The number of benzene rings is 1. The fraction of sp³-hybridized carbons (Fsp3) is 0.500. The standard InChI is InChI=1S/C16H21NO4/c1-20-15(18)13-7-9-14(10-8-13)17-16(19)21-11-12-5-3-2-4-6-12/h2-6,13-14H,7-11H2,1H3,(H,17,19). The van der Waals surface area contributed by atoms with Gasteiger partial charge in [-0.3, -0.25) is 4.79 Å². The van der Waals surface area contributed by atoms with Crippen molar-refractivity contribution >= 4 is 12.1 Å². The van der Waals surface area contributed by atoms with Crippen LogP contribution in [0.15, 0.2) is 30.3 Å². The quantitative estimate of drug-likeness (QED) is 0.866. The number of rotatable bonds is 4. The highest BCUT2D eigenvalue weighted by Gasteiger charge is 2.27. The van der Waals surface area contributed by atoms with E-state index < -0.39 is 6.09 Å². The predicted octanol–water partition coefficient (Wildman–Crippen LogP) is 2.64. The highest BCUT2D eigenvalue weighted by molar-refractivity contribution is 5.72. The molecule has 1 aliphatic rings. The minimum atomic E-state index is -0.402. The fourth-order valence-electron chi connectivity index (χ4n) is 2.57. The van der Waals surface area contributed by atoms with E-state index in [1.807, 2.05) is 30.3 Å². The van der Waals surface area contributed by atoms with E-state index in [-0.39, 0.29) is 24.5 Å². The summed E-state index contributed by atoms with van der Waals surface area (Å²) in [6.07, 6.45) is 2.65. The molecule has 1 saturated carbocycles. The molecule has 0 heterocycles. The fourth-order valence-corrected chi connectivity index (χ4v) is 2.57. The minimum absolute atomic E-state index is 0.0339. The Balaban J connectivity index is 1.68. The van der Waals surface area contributed by atoms with Crippen molar-refractivity contribution in [1.29, 1.82) is 0 Å². The number of ether oxygens (including phenoxy) is 2. The predicted molar refractivity (Wildman–Crippen MR) is 77.5 cm³/mol. The Labute approximate surface area is 124 Å². The summed E-state index contributed by atoms with van der Waals surface area (Å²) in [5, 5.41) is 2.85. The molecule has 0 radical (unpaired) electrons. The van der Waals surface area contributed by atoms with Crippen molar-refractivity contribution in [2.24, 2.45) is 5.92 Å². The molecule has 1 aliphatic carbocycles. The van der Waals surface area contributed by atoms with Gasteiger partial charge in [0.1, 0.15) is 6.61 Å². The van der Waals surface area contributed by atoms with Crippen molar-refractivity contribution in [2.75, 3.05) is 7.11 Å². The van der Waals surface area contributed by atoms with Crippen LogP contribution >= 0.6 is 0 Å². The van der Waals surface area contributed by atoms with Gasteiger partial charge in [0.2, 0.25) is 0 Å². The van der Waals surface area contributed by atoms with Crippen LogP contribution in [0.25, 0.3) is 0 Å². The van der Waals surface area contributed by atoms with E-state index in [1.54, 1.807) is 0 Å². The van der Waals surface area contributed by atoms with E-state index in [0.29, 0.717) is 0 Å². The lowest BCUT2D eigenvalue weighted by Gasteiger charge is -2.27. The molecule has 0 aromatic heterocycles. The number of alkyl carbamates (subject to hydrolysis) is 1. The summed E-state index contributed by atoms with van der Waals surface area (Å²) >= 11 is 0. The van der Waals surface area contributed by atoms with E-state index in [4.69, 9.17) is 9.47 Å². The summed E-state index contributed by atoms with van der Waals surface area (Å²) in [5.74, 6) is -0.187. The van der Waals surface area contributed by atoms with Crippen molar-refractivity contribution in [3.63, 3.8) is 0 Å². The molecular weight excluding hydrogens is 270 g/mol. The van der Waals surface area contributed by atoms with Gasteiger partial charge in [0, 0.05) is 6.04 Å². The molecule has 5 nitrogen and oxygen atoms in total. The first-order chi connectivity index (χ1) is 10.2. The van der Waals surface area contributed by atoms with Crippen molar-refractivity contribution < 1.29 is 19.1 Å². The maximum absolute atomic E-state index is 11.7. The summed E-state index contributed by atoms with van der Waals surface area (Å²) in [6, 6.07) is 9.64. The monoisotopic (exact) mass is 291 g/mol. The van der Waals surface area contributed by atoms with Crippen molar-refractivity contribution in [3.05, 3.63) is 35.9 Å². The zero-order valence-electron chi connectivity index (χ0n) is 12.2. The maximum Gasteiger partial charge on any atom is 0.407 e. The SMILES string of the molecule is COC(=O)C1CCC(NC(=O)OCc2ccccc2)CC1. The molecule has 2 rings (SSSR count). The lowest BCUT2D eigenvalue weighted by Crippen LogP contribution is -2.39. The average molecular weight is 291 g/mol. The second-order valence-electron chi connectivity index (χ2n) is 5.28. The first-order valence-corrected chi connectivity index (χ1v) is 7.24. The molecule has 0 atom stereocenters. The van der Waals surface area contributed by atoms with Gasteiger partial charge in [-0.2, -0.15) is 0 Å². The number of carbonyl (C=O) groups excluding carboxylic acids is 2. The number of hydrogen-bond acceptors (Lipinski definition) is 4. The molecule has 0 spiro atoms. The van der Waals surface area contributed by atoms with Crippen LogP contribution in [0.5, 0.6) is 0 Å². The van der Waals surface area contributed by atoms with Crippen LogP contribution in [0.3, 0.4) is 0 Å². The largest absolute Gasteiger partial charge is 0.469 e. The van der Waals surface area contributed by atoms with Crippen molar-refractivity contribution in [2.45, 2.75) is 38.3 Å². The Kier molecular flexibility index (Phi) is 5.60. The van der Waals surface area contributed by atoms with E-state index >= 15 is 0 Å². The highest BCUT2D eigenvalue weighted by Crippen LogP contribution is 2.25. The molecule has 5 heteroatoms. The van der Waals surface area contributed by atoms with Gasteiger partial charge in [-0.25, -0.2) is 4.79 Å². The number of carbonyl (C=O) groups is 2. The smallest absolute Gasteiger partial charge is 0.407 e. The van der Waals surface area contributed by atoms with Crippen LogP contribution in [-0.4, -0.2) is 25.2 Å². The van der Waals surface area contributed by atoms with Gasteiger partial charge < -0.3 is 14.8 Å². The van der Waals surface area contributed by atoms with Crippen LogP contribution in [-0.2, 0) is 20.9 Å². The Morgan fingerprint density at radius 2 is 1.81 bits per heavy atom. The second kappa shape index (κ2) is 7.67. The molecular formula is C16H21NO4. The van der Waals surface area contributed by atoms with Gasteiger partial charge in [0.15, 0.2) is 0 Å². The van der Waals surface area contributed by atoms with Crippen LogP contribution in [0, 0.1) is 5.92 Å². The molecule has 1 amide bonds. The Morgan fingerprint density at radius 3 is 2.43 bits per heavy atom. The van der Waals surface area contributed by atoms with Gasteiger partial charge in [-0.1, -0.05) is 30.3 Å². The van der Waals surface area contributed by atoms with E-state index in [0.717, 1.165) is 31.2 Å². The highest BCUT2D eigenvalue weighted by atomic mass is 16.5. The van der Waals surface area contributed by atoms with Crippen LogP contribution in [0.1, 0.15) is 31.2 Å². The molecule has 21 heavy (non-hydrogen) atoms. The minimum Gasteiger partial charge on any atom is -0.469 e. The summed E-state index contributed by atoms with van der Waals surface area (Å²) in [6.45, 7) is 0.268. The van der Waals surface area contributed by atoms with Crippen molar-refractivity contribution in [1.82, 2.24) is 5.32 Å². The van der Waals surface area contributed by atoms with Gasteiger partial charge in [-0.05, 0) is 31.2 Å². The molecule has 1 aromatic carbocycles. The third-order valence-corrected chi connectivity index (χ3v) is 3.80. The Bertz CT molecular complexity index is 466. The Hall–Kier alpha value is -2.04. The number of hydrogen-bond donors (Lipinski definition) is 1. The lowest BCUT2D eigenvalue weighted by atomic mass is 9.86. The molecule has 0 aliphatic heterocycles. The van der Waals surface area contributed by atoms with Gasteiger partial charge >= 0.3 is 12.1 Å². The molecule has 0 saturated heterocycles. The third kappa shape index (κ3) is 4.77. The van der Waals surface area contributed by atoms with E-state index in [1.165, 1.54) is 7.11 Å². The second-order valence-corrected chi connectivity index (χ2v) is 5.28. The summed E-state index contributed by atoms with van der Waals surface area (Å²) < 4.78 is 9.93. The molecule has 0 unspecified atom stereocenters. The summed E-state index contributed by atoms with van der Waals surface area (Å²) in [7, 11) is 1.41. The normalized spacial score (nSPS) is 21.4. The first-order valence-electron chi connectivity index (χ1n) is 7.24. The average Bonchev–Trinajstić information content (AvgIpc) is 2.54. The maximum atomic E-state index is 11.7. The van der Waals surface area contributed by atoms with Gasteiger partial charge in [-0.15, -0.1) is 0 Å². The van der Waals surface area contributed by atoms with Crippen LogP contribution < -0.4 is 5.32 Å². The summed E-state index contributed by atoms with van der Waals surface area (Å²) in [4.78, 5) is 23.2. The molecule has 1 aromatic rings. The van der Waals surface area contributed by atoms with E-state index in [9.17, 15) is 9.59 Å². The lowest BCUT2D eigenvalue weighted by molar-refractivity contribution is -0.146. The zero-order valence-corrected chi connectivity index (χ0v) is 12.2. The van der Waals surface area contributed by atoms with Crippen molar-refractivity contribution in [3.8, 4) is 0 Å². The van der Waals surface area contributed by atoms with Crippen LogP contribution in [0.4, 0.5) is 4.79 Å². The number of esters is 1.